The van der Waals surface area contributed by atoms with Crippen molar-refractivity contribution in [1.29, 1.82) is 0 Å². The second kappa shape index (κ2) is 5.63. The van der Waals surface area contributed by atoms with E-state index in [-0.39, 0.29) is 5.57 Å². The highest BCUT2D eigenvalue weighted by Crippen LogP contribution is 2.24. The third-order valence-electron chi connectivity index (χ3n) is 2.72. The fraction of sp³-hybridized carbons (Fsp3) is 0.583. The maximum atomic E-state index is 10.4. The van der Waals surface area contributed by atoms with Crippen LogP contribution >= 0.6 is 0 Å². The third kappa shape index (κ3) is 3.77. The van der Waals surface area contributed by atoms with Gasteiger partial charge < -0.3 is 5.11 Å². The standard InChI is InChI=1S/C12H18O2/c1-10(12(13)14)6-5-9-11-7-3-2-4-8-11/h5,9,11H,1-4,6-8H2,(H,13,14)/b9-5+. The SMILES string of the molecule is C=C(C/C=C/C1CCCCC1)C(=O)O. The third-order valence-corrected chi connectivity index (χ3v) is 2.72. The van der Waals surface area contributed by atoms with Crippen LogP contribution in [-0.4, -0.2) is 11.1 Å². The van der Waals surface area contributed by atoms with Crippen molar-refractivity contribution >= 4 is 5.97 Å². The van der Waals surface area contributed by atoms with Gasteiger partial charge in [-0.2, -0.15) is 0 Å². The first kappa shape index (κ1) is 11.0. The predicted molar refractivity (Wildman–Crippen MR) is 57.1 cm³/mol. The van der Waals surface area contributed by atoms with Crippen LogP contribution in [0.1, 0.15) is 38.5 Å². The van der Waals surface area contributed by atoms with Gasteiger partial charge in [-0.05, 0) is 25.2 Å². The van der Waals surface area contributed by atoms with E-state index in [0.717, 1.165) is 0 Å². The van der Waals surface area contributed by atoms with Crippen molar-refractivity contribution in [2.24, 2.45) is 5.92 Å². The number of carboxylic acids is 1. The topological polar surface area (TPSA) is 37.3 Å². The molecule has 0 heterocycles. The molecule has 1 fully saturated rings. The fourth-order valence-corrected chi connectivity index (χ4v) is 1.82. The van der Waals surface area contributed by atoms with E-state index in [1.54, 1.807) is 0 Å². The molecule has 1 rings (SSSR count). The normalized spacial score (nSPS) is 18.6. The van der Waals surface area contributed by atoms with Gasteiger partial charge in [-0.15, -0.1) is 0 Å². The average molecular weight is 194 g/mol. The summed E-state index contributed by atoms with van der Waals surface area (Å²) in [4.78, 5) is 10.4. The van der Waals surface area contributed by atoms with Gasteiger partial charge in [0.05, 0.1) is 0 Å². The number of rotatable bonds is 4. The zero-order chi connectivity index (χ0) is 10.4. The molecular formula is C12H18O2. The Hall–Kier alpha value is -1.05. The van der Waals surface area contributed by atoms with E-state index in [1.165, 1.54) is 32.1 Å². The summed E-state index contributed by atoms with van der Waals surface area (Å²) in [6.45, 7) is 3.49. The van der Waals surface area contributed by atoms with Crippen LogP contribution in [0.2, 0.25) is 0 Å². The van der Waals surface area contributed by atoms with Crippen molar-refractivity contribution < 1.29 is 9.90 Å². The van der Waals surface area contributed by atoms with Gasteiger partial charge in [0, 0.05) is 5.57 Å². The van der Waals surface area contributed by atoms with Gasteiger partial charge in [-0.3, -0.25) is 0 Å². The van der Waals surface area contributed by atoms with E-state index in [4.69, 9.17) is 5.11 Å². The smallest absolute Gasteiger partial charge is 0.331 e. The number of carbonyl (C=O) groups is 1. The number of hydrogen-bond donors (Lipinski definition) is 1. The highest BCUT2D eigenvalue weighted by molar-refractivity contribution is 5.85. The second-order valence-electron chi connectivity index (χ2n) is 3.94. The van der Waals surface area contributed by atoms with Crippen LogP contribution in [0.15, 0.2) is 24.3 Å². The maximum Gasteiger partial charge on any atom is 0.331 e. The van der Waals surface area contributed by atoms with Gasteiger partial charge in [0.1, 0.15) is 0 Å². The van der Waals surface area contributed by atoms with Gasteiger partial charge in [0.25, 0.3) is 0 Å². The van der Waals surface area contributed by atoms with E-state index < -0.39 is 5.97 Å². The number of allylic oxidation sites excluding steroid dienone is 2. The number of aliphatic carboxylic acids is 1. The minimum atomic E-state index is -0.890. The molecular weight excluding hydrogens is 176 g/mol. The van der Waals surface area contributed by atoms with Gasteiger partial charge >= 0.3 is 5.97 Å². The summed E-state index contributed by atoms with van der Waals surface area (Å²) in [5, 5.41) is 8.59. The fourth-order valence-electron chi connectivity index (χ4n) is 1.82. The molecule has 0 spiro atoms. The molecule has 0 radical (unpaired) electrons. The molecule has 0 aromatic carbocycles. The summed E-state index contributed by atoms with van der Waals surface area (Å²) in [5.41, 5.74) is 0.275. The molecule has 0 bridgehead atoms. The minimum Gasteiger partial charge on any atom is -0.478 e. The van der Waals surface area contributed by atoms with Crippen molar-refractivity contribution in [3.63, 3.8) is 0 Å². The lowest BCUT2D eigenvalue weighted by molar-refractivity contribution is -0.132. The van der Waals surface area contributed by atoms with Crippen molar-refractivity contribution in [1.82, 2.24) is 0 Å². The Morgan fingerprint density at radius 2 is 2.00 bits per heavy atom. The first-order valence-electron chi connectivity index (χ1n) is 5.28. The van der Waals surface area contributed by atoms with Crippen molar-refractivity contribution in [3.8, 4) is 0 Å². The van der Waals surface area contributed by atoms with Crippen molar-refractivity contribution in [2.45, 2.75) is 38.5 Å². The second-order valence-corrected chi connectivity index (χ2v) is 3.94. The minimum absolute atomic E-state index is 0.275. The van der Waals surface area contributed by atoms with Crippen LogP contribution in [0.4, 0.5) is 0 Å². The first-order valence-corrected chi connectivity index (χ1v) is 5.28. The Balaban J connectivity index is 2.25. The zero-order valence-electron chi connectivity index (χ0n) is 8.54. The summed E-state index contributed by atoms with van der Waals surface area (Å²) in [7, 11) is 0. The van der Waals surface area contributed by atoms with E-state index >= 15 is 0 Å². The molecule has 0 aromatic heterocycles. The number of carboxylic acid groups (broad SMARTS) is 1. The maximum absolute atomic E-state index is 10.4. The van der Waals surface area contributed by atoms with Crippen molar-refractivity contribution in [2.75, 3.05) is 0 Å². The van der Waals surface area contributed by atoms with E-state index in [9.17, 15) is 4.79 Å². The predicted octanol–water partition coefficient (Wildman–Crippen LogP) is 3.15. The van der Waals surface area contributed by atoms with Crippen LogP contribution in [0.25, 0.3) is 0 Å². The van der Waals surface area contributed by atoms with E-state index in [0.29, 0.717) is 12.3 Å². The molecule has 1 saturated carbocycles. The highest BCUT2D eigenvalue weighted by Gasteiger charge is 2.09. The summed E-state index contributed by atoms with van der Waals surface area (Å²) in [6, 6.07) is 0. The Morgan fingerprint density at radius 3 is 2.57 bits per heavy atom. The lowest BCUT2D eigenvalue weighted by Gasteiger charge is -2.17. The molecule has 1 aliphatic rings. The van der Waals surface area contributed by atoms with Gasteiger partial charge in [-0.1, -0.05) is 38.0 Å². The van der Waals surface area contributed by atoms with Crippen LogP contribution < -0.4 is 0 Å². The average Bonchev–Trinajstić information content (AvgIpc) is 2.19. The van der Waals surface area contributed by atoms with E-state index in [1.807, 2.05) is 6.08 Å². The largest absolute Gasteiger partial charge is 0.478 e. The van der Waals surface area contributed by atoms with Gasteiger partial charge in [-0.25, -0.2) is 4.79 Å². The van der Waals surface area contributed by atoms with Crippen LogP contribution in [0.3, 0.4) is 0 Å². The first-order chi connectivity index (χ1) is 6.70. The molecule has 14 heavy (non-hydrogen) atoms. The lowest BCUT2D eigenvalue weighted by Crippen LogP contribution is -2.03. The van der Waals surface area contributed by atoms with Gasteiger partial charge in [0.2, 0.25) is 0 Å². The summed E-state index contributed by atoms with van der Waals surface area (Å²) in [6.07, 6.45) is 11.1. The molecule has 2 nitrogen and oxygen atoms in total. The monoisotopic (exact) mass is 194 g/mol. The molecule has 0 unspecified atom stereocenters. The summed E-state index contributed by atoms with van der Waals surface area (Å²) >= 11 is 0. The van der Waals surface area contributed by atoms with Crippen LogP contribution in [0.5, 0.6) is 0 Å². The molecule has 78 valence electrons. The Bertz CT molecular complexity index is 235. The molecule has 0 aliphatic heterocycles. The Labute approximate surface area is 85.3 Å². The molecule has 0 saturated heterocycles. The number of hydrogen-bond acceptors (Lipinski definition) is 1. The van der Waals surface area contributed by atoms with Gasteiger partial charge in [0.15, 0.2) is 0 Å². The van der Waals surface area contributed by atoms with Crippen molar-refractivity contribution in [3.05, 3.63) is 24.3 Å². The lowest BCUT2D eigenvalue weighted by atomic mass is 9.89. The molecule has 2 heteroatoms. The quantitative estimate of drug-likeness (QED) is 0.551. The van der Waals surface area contributed by atoms with Crippen LogP contribution in [0, 0.1) is 5.92 Å². The highest BCUT2D eigenvalue weighted by atomic mass is 16.4. The molecule has 0 aromatic rings. The van der Waals surface area contributed by atoms with E-state index in [2.05, 4.69) is 12.7 Å². The van der Waals surface area contributed by atoms with Crippen LogP contribution in [-0.2, 0) is 4.79 Å². The molecule has 1 aliphatic carbocycles. The Kier molecular flexibility index (Phi) is 4.44. The molecule has 0 amide bonds. The molecule has 1 N–H and O–H groups in total. The Morgan fingerprint density at radius 1 is 1.36 bits per heavy atom. The molecule has 0 atom stereocenters. The zero-order valence-corrected chi connectivity index (χ0v) is 8.54. The summed E-state index contributed by atoms with van der Waals surface area (Å²) < 4.78 is 0. The summed E-state index contributed by atoms with van der Waals surface area (Å²) in [5.74, 6) is -0.219.